The van der Waals surface area contributed by atoms with Crippen molar-refractivity contribution in [2.24, 2.45) is 5.41 Å². The molecule has 0 aromatic heterocycles. The fraction of sp³-hybridized carbons (Fsp3) is 0.647. The predicted molar refractivity (Wildman–Crippen MR) is 80.2 cm³/mol. The highest BCUT2D eigenvalue weighted by atomic mass is 16.7. The Kier molecular flexibility index (Phi) is 3.88. The maximum absolute atomic E-state index is 5.46. The van der Waals surface area contributed by atoms with Gasteiger partial charge in [0.2, 0.25) is 6.79 Å². The number of benzene rings is 1. The molecule has 0 saturated heterocycles. The summed E-state index contributed by atoms with van der Waals surface area (Å²) in [6.45, 7) is 6.03. The van der Waals surface area contributed by atoms with Crippen LogP contribution in [0.3, 0.4) is 0 Å². The smallest absolute Gasteiger partial charge is 0.231 e. The average molecular weight is 275 g/mol. The van der Waals surface area contributed by atoms with Crippen LogP contribution in [0.15, 0.2) is 18.2 Å². The summed E-state index contributed by atoms with van der Waals surface area (Å²) in [6, 6.07) is 6.61. The number of hydrogen-bond donors (Lipinski definition) is 1. The highest BCUT2D eigenvalue weighted by Gasteiger charge is 2.32. The molecule has 0 radical (unpaired) electrons. The lowest BCUT2D eigenvalue weighted by atomic mass is 9.83. The second-order valence-electron chi connectivity index (χ2n) is 6.28. The zero-order valence-corrected chi connectivity index (χ0v) is 12.6. The molecule has 20 heavy (non-hydrogen) atoms. The molecule has 1 fully saturated rings. The second-order valence-corrected chi connectivity index (χ2v) is 6.28. The largest absolute Gasteiger partial charge is 0.454 e. The topological polar surface area (TPSA) is 30.5 Å². The average Bonchev–Trinajstić information content (AvgIpc) is 3.13. The van der Waals surface area contributed by atoms with Crippen LogP contribution >= 0.6 is 0 Å². The van der Waals surface area contributed by atoms with Crippen LogP contribution in [0.5, 0.6) is 11.5 Å². The van der Waals surface area contributed by atoms with Crippen molar-refractivity contribution in [1.29, 1.82) is 0 Å². The van der Waals surface area contributed by atoms with E-state index in [4.69, 9.17) is 9.47 Å². The third kappa shape index (κ3) is 2.64. The zero-order valence-electron chi connectivity index (χ0n) is 12.6. The first-order chi connectivity index (χ1) is 9.72. The van der Waals surface area contributed by atoms with Crippen LogP contribution in [0.4, 0.5) is 0 Å². The van der Waals surface area contributed by atoms with Crippen LogP contribution in [0.1, 0.15) is 57.6 Å². The van der Waals surface area contributed by atoms with Crippen molar-refractivity contribution in [1.82, 2.24) is 5.32 Å². The summed E-state index contributed by atoms with van der Waals surface area (Å²) in [5, 5.41) is 3.73. The van der Waals surface area contributed by atoms with Crippen LogP contribution in [-0.4, -0.2) is 13.3 Å². The summed E-state index contributed by atoms with van der Waals surface area (Å²) in [7, 11) is 0. The van der Waals surface area contributed by atoms with E-state index in [0.29, 0.717) is 18.2 Å². The van der Waals surface area contributed by atoms with Crippen molar-refractivity contribution < 1.29 is 9.47 Å². The summed E-state index contributed by atoms with van der Waals surface area (Å²) in [4.78, 5) is 0. The maximum atomic E-state index is 5.46. The first-order valence-electron chi connectivity index (χ1n) is 7.85. The molecule has 1 atom stereocenters. The molecule has 1 N–H and O–H groups in total. The molecular weight excluding hydrogens is 250 g/mol. The summed E-state index contributed by atoms with van der Waals surface area (Å²) < 4.78 is 10.8. The van der Waals surface area contributed by atoms with Gasteiger partial charge >= 0.3 is 0 Å². The van der Waals surface area contributed by atoms with Crippen molar-refractivity contribution in [3.05, 3.63) is 23.8 Å². The van der Waals surface area contributed by atoms with E-state index in [0.717, 1.165) is 18.0 Å². The lowest BCUT2D eigenvalue weighted by molar-refractivity contribution is 0.174. The molecule has 3 heteroatoms. The SMILES string of the molecule is CCC1(CNC(C)c2ccc3c(c2)OCO3)CCCC1. The van der Waals surface area contributed by atoms with Crippen molar-refractivity contribution in [3.63, 3.8) is 0 Å². The molecule has 1 unspecified atom stereocenters. The minimum atomic E-state index is 0.347. The number of hydrogen-bond acceptors (Lipinski definition) is 3. The molecule has 1 aromatic carbocycles. The van der Waals surface area contributed by atoms with Gasteiger partial charge in [-0.15, -0.1) is 0 Å². The number of fused-ring (bicyclic) bond motifs is 1. The van der Waals surface area contributed by atoms with E-state index in [-0.39, 0.29) is 0 Å². The lowest BCUT2D eigenvalue weighted by Crippen LogP contribution is -2.33. The first-order valence-corrected chi connectivity index (χ1v) is 7.85. The van der Waals surface area contributed by atoms with Gasteiger partial charge in [-0.2, -0.15) is 0 Å². The normalized spacial score (nSPS) is 21.1. The number of nitrogens with one attached hydrogen (secondary N) is 1. The fourth-order valence-electron chi connectivity index (χ4n) is 3.45. The Bertz CT molecular complexity index is 466. The lowest BCUT2D eigenvalue weighted by Gasteiger charge is -2.30. The molecule has 1 saturated carbocycles. The molecule has 1 aromatic rings. The van der Waals surface area contributed by atoms with Crippen molar-refractivity contribution in [3.8, 4) is 11.5 Å². The van der Waals surface area contributed by atoms with Crippen LogP contribution in [0, 0.1) is 5.41 Å². The van der Waals surface area contributed by atoms with E-state index in [2.05, 4.69) is 31.3 Å². The van der Waals surface area contributed by atoms with Gasteiger partial charge in [0.05, 0.1) is 0 Å². The van der Waals surface area contributed by atoms with Gasteiger partial charge in [0.25, 0.3) is 0 Å². The van der Waals surface area contributed by atoms with E-state index < -0.39 is 0 Å². The summed E-state index contributed by atoms with van der Waals surface area (Å²) >= 11 is 0. The third-order valence-corrected chi connectivity index (χ3v) is 5.09. The highest BCUT2D eigenvalue weighted by molar-refractivity contribution is 5.45. The van der Waals surface area contributed by atoms with Crippen LogP contribution < -0.4 is 14.8 Å². The standard InChI is InChI=1S/C17H25NO2/c1-3-17(8-4-5-9-17)11-18-13(2)14-6-7-15-16(10-14)20-12-19-15/h6-7,10,13,18H,3-5,8-9,11-12H2,1-2H3. The Balaban J connectivity index is 1.63. The van der Waals surface area contributed by atoms with Gasteiger partial charge in [0, 0.05) is 12.6 Å². The number of ether oxygens (including phenoxy) is 2. The van der Waals surface area contributed by atoms with Crippen LogP contribution in [-0.2, 0) is 0 Å². The molecular formula is C17H25NO2. The van der Waals surface area contributed by atoms with Gasteiger partial charge < -0.3 is 14.8 Å². The Morgan fingerprint density at radius 1 is 1.20 bits per heavy atom. The van der Waals surface area contributed by atoms with Crippen molar-refractivity contribution >= 4 is 0 Å². The van der Waals surface area contributed by atoms with Crippen LogP contribution in [0.2, 0.25) is 0 Å². The summed E-state index contributed by atoms with van der Waals surface area (Å²) in [5.74, 6) is 1.74. The molecule has 1 heterocycles. The molecule has 110 valence electrons. The zero-order chi connectivity index (χ0) is 14.0. The summed E-state index contributed by atoms with van der Waals surface area (Å²) in [5.41, 5.74) is 1.81. The molecule has 3 nitrogen and oxygen atoms in total. The molecule has 3 rings (SSSR count). The van der Waals surface area contributed by atoms with E-state index in [9.17, 15) is 0 Å². The number of rotatable bonds is 5. The fourth-order valence-corrected chi connectivity index (χ4v) is 3.45. The minimum Gasteiger partial charge on any atom is -0.454 e. The predicted octanol–water partition coefficient (Wildman–Crippen LogP) is 4.04. The van der Waals surface area contributed by atoms with Gasteiger partial charge in [-0.25, -0.2) is 0 Å². The van der Waals surface area contributed by atoms with E-state index in [1.54, 1.807) is 0 Å². The molecule has 1 aliphatic carbocycles. The molecule has 1 aliphatic heterocycles. The molecule has 0 amide bonds. The van der Waals surface area contributed by atoms with Crippen molar-refractivity contribution in [2.75, 3.05) is 13.3 Å². The Labute approximate surface area is 121 Å². The molecule has 0 bridgehead atoms. The minimum absolute atomic E-state index is 0.347. The molecule has 2 aliphatic rings. The van der Waals surface area contributed by atoms with Gasteiger partial charge in [-0.05, 0) is 49.3 Å². The monoisotopic (exact) mass is 275 g/mol. The van der Waals surface area contributed by atoms with E-state index in [1.165, 1.54) is 37.7 Å². The Hall–Kier alpha value is -1.22. The van der Waals surface area contributed by atoms with Gasteiger partial charge in [-0.1, -0.05) is 25.8 Å². The third-order valence-electron chi connectivity index (χ3n) is 5.09. The maximum Gasteiger partial charge on any atom is 0.231 e. The molecule has 0 spiro atoms. The van der Waals surface area contributed by atoms with Gasteiger partial charge in [0.15, 0.2) is 11.5 Å². The van der Waals surface area contributed by atoms with Gasteiger partial charge in [-0.3, -0.25) is 0 Å². The van der Waals surface area contributed by atoms with Crippen LogP contribution in [0.25, 0.3) is 0 Å². The van der Waals surface area contributed by atoms with Crippen molar-refractivity contribution in [2.45, 2.75) is 52.0 Å². The summed E-state index contributed by atoms with van der Waals surface area (Å²) in [6.07, 6.45) is 6.84. The second kappa shape index (κ2) is 5.65. The van der Waals surface area contributed by atoms with E-state index >= 15 is 0 Å². The Morgan fingerprint density at radius 2 is 1.95 bits per heavy atom. The van der Waals surface area contributed by atoms with Gasteiger partial charge in [0.1, 0.15) is 0 Å². The quantitative estimate of drug-likeness (QED) is 0.880. The first kappa shape index (κ1) is 13.7. The highest BCUT2D eigenvalue weighted by Crippen LogP contribution is 2.41. The Morgan fingerprint density at radius 3 is 2.70 bits per heavy atom. The van der Waals surface area contributed by atoms with E-state index in [1.807, 2.05) is 6.07 Å².